The molecule has 158 valence electrons. The fourth-order valence-corrected chi connectivity index (χ4v) is 6.21. The Hall–Kier alpha value is -2.78. The second kappa shape index (κ2) is 8.39. The Morgan fingerprint density at radius 1 is 1.13 bits per heavy atom. The molecule has 1 aliphatic rings. The minimum atomic E-state index is -0.209. The number of thioether (sulfide) groups is 1. The molecule has 0 spiro atoms. The molecule has 0 unspecified atom stereocenters. The number of rotatable bonds is 5. The lowest BCUT2D eigenvalue weighted by Crippen LogP contribution is -2.25. The van der Waals surface area contributed by atoms with E-state index in [-0.39, 0.29) is 17.0 Å². The molecule has 7 nitrogen and oxygen atoms in total. The van der Waals surface area contributed by atoms with Crippen molar-refractivity contribution in [3.8, 4) is 0 Å². The molecule has 31 heavy (non-hydrogen) atoms. The van der Waals surface area contributed by atoms with Gasteiger partial charge in [0.2, 0.25) is 0 Å². The Morgan fingerprint density at radius 2 is 1.97 bits per heavy atom. The van der Waals surface area contributed by atoms with Gasteiger partial charge in [0, 0.05) is 11.4 Å². The van der Waals surface area contributed by atoms with E-state index in [1.54, 1.807) is 40.2 Å². The zero-order valence-electron chi connectivity index (χ0n) is 16.9. The van der Waals surface area contributed by atoms with Crippen molar-refractivity contribution in [2.45, 2.75) is 49.7 Å². The number of allylic oxidation sites excluding steroid dienone is 1. The first kappa shape index (κ1) is 20.1. The standard InChI is InChI=1S/C22H21N5O2S2/c1-2-12-26-21(29)18-15-9-4-3-5-11-17(15)31-19(18)23-22(26)30-13-27-20(28)14-8-6-7-10-16(14)24-25-27/h2,6-8,10H,1,3-5,9,11-13H2. The van der Waals surface area contributed by atoms with Crippen molar-refractivity contribution in [3.05, 3.63) is 68.1 Å². The molecule has 1 aliphatic carbocycles. The second-order valence-corrected chi connectivity index (χ2v) is 9.52. The monoisotopic (exact) mass is 451 g/mol. The van der Waals surface area contributed by atoms with Gasteiger partial charge in [0.25, 0.3) is 11.1 Å². The highest BCUT2D eigenvalue weighted by Gasteiger charge is 2.21. The number of nitrogens with zero attached hydrogens (tertiary/aromatic N) is 5. The molecule has 0 N–H and O–H groups in total. The fourth-order valence-electron chi connectivity index (χ4n) is 4.02. The first-order chi connectivity index (χ1) is 15.2. The van der Waals surface area contributed by atoms with Crippen molar-refractivity contribution >= 4 is 44.2 Å². The van der Waals surface area contributed by atoms with Crippen molar-refractivity contribution in [1.82, 2.24) is 24.5 Å². The summed E-state index contributed by atoms with van der Waals surface area (Å²) in [5.74, 6) is 0.219. The van der Waals surface area contributed by atoms with Crippen molar-refractivity contribution < 1.29 is 0 Å². The van der Waals surface area contributed by atoms with Crippen LogP contribution in [0, 0.1) is 0 Å². The summed E-state index contributed by atoms with van der Waals surface area (Å²) in [5, 5.41) is 10.0. The first-order valence-electron chi connectivity index (χ1n) is 10.3. The van der Waals surface area contributed by atoms with Crippen LogP contribution in [0.1, 0.15) is 29.7 Å². The smallest absolute Gasteiger partial charge is 0.278 e. The third kappa shape index (κ3) is 3.61. The number of hydrogen-bond donors (Lipinski definition) is 0. The zero-order valence-corrected chi connectivity index (χ0v) is 18.5. The quantitative estimate of drug-likeness (QED) is 0.199. The molecule has 0 saturated heterocycles. The van der Waals surface area contributed by atoms with Crippen LogP contribution >= 0.6 is 23.1 Å². The van der Waals surface area contributed by atoms with E-state index < -0.39 is 0 Å². The lowest BCUT2D eigenvalue weighted by atomic mass is 10.1. The van der Waals surface area contributed by atoms with E-state index in [9.17, 15) is 9.59 Å². The minimum absolute atomic E-state index is 0.0243. The van der Waals surface area contributed by atoms with Crippen molar-refractivity contribution in [2.75, 3.05) is 0 Å². The molecule has 1 aromatic carbocycles. The average Bonchev–Trinajstić information content (AvgIpc) is 2.97. The molecule has 0 saturated carbocycles. The number of aryl methyl sites for hydroxylation is 2. The number of fused-ring (bicyclic) bond motifs is 4. The van der Waals surface area contributed by atoms with Gasteiger partial charge >= 0.3 is 0 Å². The summed E-state index contributed by atoms with van der Waals surface area (Å²) in [6.07, 6.45) is 7.13. The lowest BCUT2D eigenvalue weighted by Gasteiger charge is -2.11. The highest BCUT2D eigenvalue weighted by molar-refractivity contribution is 7.98. The molecule has 5 rings (SSSR count). The van der Waals surface area contributed by atoms with E-state index in [4.69, 9.17) is 4.98 Å². The van der Waals surface area contributed by atoms with Crippen LogP contribution in [0.3, 0.4) is 0 Å². The van der Waals surface area contributed by atoms with E-state index >= 15 is 0 Å². The van der Waals surface area contributed by atoms with Crippen LogP contribution in [0.2, 0.25) is 0 Å². The van der Waals surface area contributed by atoms with E-state index in [1.165, 1.54) is 33.3 Å². The molecule has 4 aromatic rings. The van der Waals surface area contributed by atoms with Gasteiger partial charge in [-0.15, -0.1) is 23.0 Å². The number of aromatic nitrogens is 5. The topological polar surface area (TPSA) is 82.7 Å². The maximum Gasteiger partial charge on any atom is 0.278 e. The van der Waals surface area contributed by atoms with E-state index in [2.05, 4.69) is 16.9 Å². The first-order valence-corrected chi connectivity index (χ1v) is 12.1. The zero-order chi connectivity index (χ0) is 21.4. The van der Waals surface area contributed by atoms with Crippen LogP contribution in [-0.4, -0.2) is 24.5 Å². The molecular formula is C22H21N5O2S2. The van der Waals surface area contributed by atoms with Gasteiger partial charge in [-0.2, -0.15) is 4.68 Å². The molecular weight excluding hydrogens is 430 g/mol. The van der Waals surface area contributed by atoms with Crippen LogP contribution < -0.4 is 11.1 Å². The largest absolute Gasteiger partial charge is 0.283 e. The van der Waals surface area contributed by atoms with Crippen molar-refractivity contribution in [2.24, 2.45) is 0 Å². The second-order valence-electron chi connectivity index (χ2n) is 7.53. The molecule has 0 radical (unpaired) electrons. The summed E-state index contributed by atoms with van der Waals surface area (Å²) in [7, 11) is 0. The number of thiophene rings is 1. The van der Waals surface area contributed by atoms with E-state index in [0.29, 0.717) is 22.6 Å². The van der Waals surface area contributed by atoms with Crippen LogP contribution in [0.4, 0.5) is 0 Å². The van der Waals surface area contributed by atoms with Gasteiger partial charge in [-0.1, -0.05) is 41.6 Å². The molecule has 0 fully saturated rings. The lowest BCUT2D eigenvalue weighted by molar-refractivity contribution is 0.633. The molecule has 9 heteroatoms. The number of hydrogen-bond acceptors (Lipinski definition) is 7. The molecule has 0 bridgehead atoms. The normalized spacial score (nSPS) is 13.9. The Morgan fingerprint density at radius 3 is 2.84 bits per heavy atom. The van der Waals surface area contributed by atoms with Crippen molar-refractivity contribution in [3.63, 3.8) is 0 Å². The van der Waals surface area contributed by atoms with Crippen LogP contribution in [0.5, 0.6) is 0 Å². The van der Waals surface area contributed by atoms with Crippen LogP contribution in [-0.2, 0) is 25.3 Å². The average molecular weight is 452 g/mol. The molecule has 0 atom stereocenters. The Labute approximate surface area is 186 Å². The SMILES string of the molecule is C=CCn1c(SCn2nnc3ccccc3c2=O)nc2sc3c(c2c1=O)CCCCC3. The van der Waals surface area contributed by atoms with Crippen molar-refractivity contribution in [1.29, 1.82) is 0 Å². The summed E-state index contributed by atoms with van der Waals surface area (Å²) >= 11 is 2.95. The van der Waals surface area contributed by atoms with Gasteiger partial charge in [0.05, 0.1) is 16.6 Å². The van der Waals surface area contributed by atoms with Gasteiger partial charge in [-0.05, 0) is 43.4 Å². The van der Waals surface area contributed by atoms with E-state index in [0.717, 1.165) is 35.9 Å². The summed E-state index contributed by atoms with van der Waals surface area (Å²) in [5.41, 5.74) is 1.52. The third-order valence-electron chi connectivity index (χ3n) is 5.55. The number of benzene rings is 1. The summed E-state index contributed by atoms with van der Waals surface area (Å²) in [6, 6.07) is 7.13. The maximum atomic E-state index is 13.4. The maximum absolute atomic E-state index is 13.4. The predicted molar refractivity (Wildman–Crippen MR) is 125 cm³/mol. The van der Waals surface area contributed by atoms with Gasteiger partial charge in [0.1, 0.15) is 10.3 Å². The predicted octanol–water partition coefficient (Wildman–Crippen LogP) is 3.77. The van der Waals surface area contributed by atoms with Gasteiger partial charge in [0.15, 0.2) is 5.16 Å². The Kier molecular flexibility index (Phi) is 5.45. The third-order valence-corrected chi connectivity index (χ3v) is 7.68. The molecule has 3 heterocycles. The van der Waals surface area contributed by atoms with Crippen LogP contribution in [0.25, 0.3) is 21.1 Å². The summed E-state index contributed by atoms with van der Waals surface area (Å²) in [4.78, 5) is 33.1. The molecule has 3 aromatic heterocycles. The van der Waals surface area contributed by atoms with E-state index in [1.807, 2.05) is 6.07 Å². The fraction of sp³-hybridized carbons (Fsp3) is 0.318. The highest BCUT2D eigenvalue weighted by Crippen LogP contribution is 2.34. The van der Waals surface area contributed by atoms with Gasteiger partial charge in [-0.3, -0.25) is 14.2 Å². The van der Waals surface area contributed by atoms with Crippen LogP contribution in [0.15, 0.2) is 51.7 Å². The summed E-state index contributed by atoms with van der Waals surface area (Å²) < 4.78 is 2.96. The molecule has 0 amide bonds. The molecule has 0 aliphatic heterocycles. The Bertz CT molecular complexity index is 1420. The summed E-state index contributed by atoms with van der Waals surface area (Å²) in [6.45, 7) is 4.17. The Balaban J connectivity index is 1.56. The highest BCUT2D eigenvalue weighted by atomic mass is 32.2. The minimum Gasteiger partial charge on any atom is -0.283 e. The van der Waals surface area contributed by atoms with Gasteiger partial charge in [-0.25, -0.2) is 4.98 Å². The van der Waals surface area contributed by atoms with Gasteiger partial charge < -0.3 is 0 Å².